The molecule has 0 rings (SSSR count). The zero-order valence-electron chi connectivity index (χ0n) is 33.5. The molecule has 0 aliphatic rings. The fourth-order valence-corrected chi connectivity index (χ4v) is 6.74. The van der Waals surface area contributed by atoms with Crippen LogP contribution in [0.1, 0.15) is 245 Å². The maximum Gasteiger partial charge on any atom is 0.306 e. The van der Waals surface area contributed by atoms with Gasteiger partial charge in [0.2, 0.25) is 0 Å². The highest BCUT2D eigenvalue weighted by molar-refractivity contribution is 5.69. The molecule has 0 fully saturated rings. The summed E-state index contributed by atoms with van der Waals surface area (Å²) in [6.07, 6.45) is 51.4. The van der Waals surface area contributed by atoms with Gasteiger partial charge in [-0.2, -0.15) is 0 Å². The van der Waals surface area contributed by atoms with E-state index >= 15 is 0 Å². The van der Waals surface area contributed by atoms with E-state index in [1.807, 2.05) is 0 Å². The van der Waals surface area contributed by atoms with Crippen LogP contribution in [0.3, 0.4) is 0 Å². The van der Waals surface area contributed by atoms with Crippen molar-refractivity contribution in [2.24, 2.45) is 0 Å². The maximum atomic E-state index is 12.2. The minimum absolute atomic E-state index is 0.166. The van der Waals surface area contributed by atoms with E-state index in [0.717, 1.165) is 19.3 Å². The second-order valence-corrected chi connectivity index (χ2v) is 15.1. The molecule has 0 aliphatic heterocycles. The number of esters is 1. The predicted octanol–water partition coefficient (Wildman–Crippen LogP) is 14.5. The number of carbonyl (C=O) groups is 1. The van der Waals surface area contributed by atoms with Crippen molar-refractivity contribution in [1.82, 2.24) is 0 Å². The third kappa shape index (κ3) is 41.4. The summed E-state index contributed by atoms with van der Waals surface area (Å²) in [6.45, 7) is 5.38. The molecule has 49 heavy (non-hydrogen) atoms. The quantitative estimate of drug-likeness (QED) is 0.0393. The molecule has 0 heterocycles. The summed E-state index contributed by atoms with van der Waals surface area (Å²) in [4.78, 5) is 12.2. The van der Waals surface area contributed by atoms with E-state index in [0.29, 0.717) is 19.6 Å². The van der Waals surface area contributed by atoms with Crippen molar-refractivity contribution in [2.75, 3.05) is 19.8 Å². The van der Waals surface area contributed by atoms with E-state index in [1.54, 1.807) is 0 Å². The van der Waals surface area contributed by atoms with Gasteiger partial charge in [0.15, 0.2) is 0 Å². The number of unbranched alkanes of at least 4 members (excludes halogenated alkanes) is 32. The highest BCUT2D eigenvalue weighted by Crippen LogP contribution is 2.15. The molecule has 1 atom stereocenters. The zero-order valence-corrected chi connectivity index (χ0v) is 33.5. The van der Waals surface area contributed by atoms with Gasteiger partial charge in [-0.3, -0.25) is 4.79 Å². The smallest absolute Gasteiger partial charge is 0.306 e. The van der Waals surface area contributed by atoms with Gasteiger partial charge in [0, 0.05) is 13.0 Å². The van der Waals surface area contributed by atoms with Gasteiger partial charge in [0.25, 0.3) is 0 Å². The summed E-state index contributed by atoms with van der Waals surface area (Å²) in [6, 6.07) is 0. The SMILES string of the molecule is CCCCCCCCCC/C=C\CCCCCCCCCCCCCCOCC(CO)OC(=O)CCCCCCCCCCCCCCC. The fourth-order valence-electron chi connectivity index (χ4n) is 6.74. The van der Waals surface area contributed by atoms with E-state index in [1.165, 1.54) is 205 Å². The van der Waals surface area contributed by atoms with Gasteiger partial charge in [-0.15, -0.1) is 0 Å². The summed E-state index contributed by atoms with van der Waals surface area (Å²) < 4.78 is 11.2. The van der Waals surface area contributed by atoms with Gasteiger partial charge < -0.3 is 14.6 Å². The van der Waals surface area contributed by atoms with Crippen molar-refractivity contribution < 1.29 is 19.4 Å². The Balaban J connectivity index is 3.35. The topological polar surface area (TPSA) is 55.8 Å². The van der Waals surface area contributed by atoms with Crippen molar-refractivity contribution in [3.63, 3.8) is 0 Å². The maximum absolute atomic E-state index is 12.2. The Morgan fingerprint density at radius 2 is 0.796 bits per heavy atom. The number of hydrogen-bond donors (Lipinski definition) is 1. The van der Waals surface area contributed by atoms with E-state index in [9.17, 15) is 9.90 Å². The van der Waals surface area contributed by atoms with Crippen molar-refractivity contribution in [2.45, 2.75) is 251 Å². The summed E-state index contributed by atoms with van der Waals surface area (Å²) in [7, 11) is 0. The first kappa shape index (κ1) is 48.1. The molecule has 1 N–H and O–H groups in total. The van der Waals surface area contributed by atoms with Crippen LogP contribution >= 0.6 is 0 Å². The minimum atomic E-state index is -0.527. The summed E-state index contributed by atoms with van der Waals surface area (Å²) in [5.41, 5.74) is 0. The molecule has 0 bridgehead atoms. The van der Waals surface area contributed by atoms with Gasteiger partial charge in [-0.25, -0.2) is 0 Å². The van der Waals surface area contributed by atoms with Crippen molar-refractivity contribution in [3.05, 3.63) is 12.2 Å². The highest BCUT2D eigenvalue weighted by atomic mass is 16.6. The molecule has 0 amide bonds. The molecule has 0 radical (unpaired) electrons. The predicted molar refractivity (Wildman–Crippen MR) is 214 cm³/mol. The molecule has 0 aromatic rings. The van der Waals surface area contributed by atoms with Crippen LogP contribution in [0.15, 0.2) is 12.2 Å². The summed E-state index contributed by atoms with van der Waals surface area (Å²) in [5.74, 6) is -0.196. The molecular weight excluding hydrogens is 604 g/mol. The number of aliphatic hydroxyl groups excluding tert-OH is 1. The van der Waals surface area contributed by atoms with Gasteiger partial charge >= 0.3 is 5.97 Å². The number of aliphatic hydroxyl groups is 1. The third-order valence-electron chi connectivity index (χ3n) is 10.1. The van der Waals surface area contributed by atoms with Crippen molar-refractivity contribution in [3.8, 4) is 0 Å². The van der Waals surface area contributed by atoms with Crippen LogP contribution in [-0.4, -0.2) is 37.0 Å². The van der Waals surface area contributed by atoms with Gasteiger partial charge in [0.05, 0.1) is 13.2 Å². The average molecular weight is 693 g/mol. The Morgan fingerprint density at radius 3 is 1.16 bits per heavy atom. The number of ether oxygens (including phenoxy) is 2. The molecule has 4 nitrogen and oxygen atoms in total. The lowest BCUT2D eigenvalue weighted by molar-refractivity contribution is -0.154. The molecule has 0 saturated heterocycles. The molecule has 4 heteroatoms. The van der Waals surface area contributed by atoms with Crippen LogP contribution in [0.25, 0.3) is 0 Å². The van der Waals surface area contributed by atoms with Crippen LogP contribution in [0.5, 0.6) is 0 Å². The standard InChI is InChI=1S/C45H88O4/c1-3-5-7-9-11-13-15-17-18-19-20-21-22-23-24-25-26-27-29-31-33-35-37-39-41-48-43-44(42-46)49-45(47)40-38-36-34-32-30-28-16-14-12-10-8-6-4-2/h19-20,44,46H,3-18,21-43H2,1-2H3/b20-19-. The van der Waals surface area contributed by atoms with E-state index in [4.69, 9.17) is 9.47 Å². The second kappa shape index (κ2) is 43.3. The van der Waals surface area contributed by atoms with Gasteiger partial charge in [-0.1, -0.05) is 212 Å². The lowest BCUT2D eigenvalue weighted by atomic mass is 10.0. The van der Waals surface area contributed by atoms with Crippen LogP contribution in [0, 0.1) is 0 Å². The van der Waals surface area contributed by atoms with Gasteiger partial charge in [0.1, 0.15) is 6.10 Å². The minimum Gasteiger partial charge on any atom is -0.457 e. The van der Waals surface area contributed by atoms with E-state index < -0.39 is 6.10 Å². The molecular formula is C45H88O4. The van der Waals surface area contributed by atoms with Crippen LogP contribution < -0.4 is 0 Å². The van der Waals surface area contributed by atoms with Crippen molar-refractivity contribution >= 4 is 5.97 Å². The van der Waals surface area contributed by atoms with Crippen LogP contribution in [-0.2, 0) is 14.3 Å². The Hall–Kier alpha value is -0.870. The zero-order chi connectivity index (χ0) is 35.6. The van der Waals surface area contributed by atoms with Crippen molar-refractivity contribution in [1.29, 1.82) is 0 Å². The van der Waals surface area contributed by atoms with E-state index in [2.05, 4.69) is 26.0 Å². The molecule has 0 aromatic heterocycles. The summed E-state index contributed by atoms with van der Waals surface area (Å²) in [5, 5.41) is 9.59. The van der Waals surface area contributed by atoms with Crippen LogP contribution in [0.2, 0.25) is 0 Å². The molecule has 0 aliphatic carbocycles. The lowest BCUT2D eigenvalue weighted by Gasteiger charge is -2.16. The van der Waals surface area contributed by atoms with E-state index in [-0.39, 0.29) is 12.6 Å². The number of hydrogen-bond acceptors (Lipinski definition) is 4. The number of rotatable bonds is 42. The lowest BCUT2D eigenvalue weighted by Crippen LogP contribution is -2.27. The largest absolute Gasteiger partial charge is 0.457 e. The highest BCUT2D eigenvalue weighted by Gasteiger charge is 2.13. The Labute approximate surface area is 307 Å². The van der Waals surface area contributed by atoms with Gasteiger partial charge in [-0.05, 0) is 38.5 Å². The fraction of sp³-hybridized carbons (Fsp3) is 0.933. The molecule has 0 aromatic carbocycles. The van der Waals surface area contributed by atoms with Crippen LogP contribution in [0.4, 0.5) is 0 Å². The molecule has 0 spiro atoms. The average Bonchev–Trinajstić information content (AvgIpc) is 3.11. The molecule has 1 unspecified atom stereocenters. The number of carbonyl (C=O) groups excluding carboxylic acids is 1. The first-order valence-electron chi connectivity index (χ1n) is 22.3. The Kier molecular flexibility index (Phi) is 42.5. The molecule has 292 valence electrons. The molecule has 0 saturated carbocycles. The second-order valence-electron chi connectivity index (χ2n) is 15.1. The third-order valence-corrected chi connectivity index (χ3v) is 10.1. The Morgan fingerprint density at radius 1 is 0.469 bits per heavy atom. The summed E-state index contributed by atoms with van der Waals surface area (Å²) >= 11 is 0. The Bertz CT molecular complexity index is 648. The monoisotopic (exact) mass is 693 g/mol. The first-order chi connectivity index (χ1) is 24.2. The first-order valence-corrected chi connectivity index (χ1v) is 22.3. The normalized spacial score (nSPS) is 12.3. The number of allylic oxidation sites excluding steroid dienone is 2.